The van der Waals surface area contributed by atoms with Gasteiger partial charge in [0.25, 0.3) is 5.91 Å². The highest BCUT2D eigenvalue weighted by Crippen LogP contribution is 2.31. The van der Waals surface area contributed by atoms with E-state index in [0.29, 0.717) is 5.56 Å². The zero-order valence-electron chi connectivity index (χ0n) is 14.1. The molecule has 0 saturated heterocycles. The first-order chi connectivity index (χ1) is 11.6. The van der Waals surface area contributed by atoms with Gasteiger partial charge >= 0.3 is 0 Å². The molecule has 2 aromatic heterocycles. The van der Waals surface area contributed by atoms with Gasteiger partial charge in [-0.2, -0.15) is 0 Å². The van der Waals surface area contributed by atoms with Crippen molar-refractivity contribution in [3.8, 4) is 0 Å². The van der Waals surface area contributed by atoms with Crippen LogP contribution in [0.3, 0.4) is 0 Å². The van der Waals surface area contributed by atoms with Crippen molar-refractivity contribution in [1.82, 2.24) is 10.3 Å². The summed E-state index contributed by atoms with van der Waals surface area (Å²) in [6, 6.07) is 9.64. The zero-order chi connectivity index (χ0) is 16.7. The fourth-order valence-electron chi connectivity index (χ4n) is 3.65. The van der Waals surface area contributed by atoms with Crippen LogP contribution >= 0.6 is 0 Å². The Kier molecular flexibility index (Phi) is 3.68. The van der Waals surface area contributed by atoms with Crippen LogP contribution < -0.4 is 5.32 Å². The summed E-state index contributed by atoms with van der Waals surface area (Å²) >= 11 is 0. The van der Waals surface area contributed by atoms with Crippen molar-refractivity contribution in [2.45, 2.75) is 45.6 Å². The predicted molar refractivity (Wildman–Crippen MR) is 94.3 cm³/mol. The normalized spacial score (nSPS) is 15.2. The number of rotatable bonds is 3. The number of para-hydroxylation sites is 1. The number of aromatic amines is 1. The van der Waals surface area contributed by atoms with Crippen LogP contribution in [0.2, 0.25) is 0 Å². The molecule has 0 bridgehead atoms. The van der Waals surface area contributed by atoms with E-state index < -0.39 is 0 Å². The number of benzene rings is 1. The van der Waals surface area contributed by atoms with Gasteiger partial charge in [0.1, 0.15) is 11.5 Å². The summed E-state index contributed by atoms with van der Waals surface area (Å²) in [6.07, 6.45) is 4.62. The Morgan fingerprint density at radius 1 is 1.21 bits per heavy atom. The van der Waals surface area contributed by atoms with Crippen molar-refractivity contribution in [3.63, 3.8) is 0 Å². The van der Waals surface area contributed by atoms with Gasteiger partial charge in [0.15, 0.2) is 0 Å². The molecule has 3 aromatic rings. The fraction of sp³-hybridized carbons (Fsp3) is 0.350. The van der Waals surface area contributed by atoms with Gasteiger partial charge in [0, 0.05) is 11.1 Å². The van der Waals surface area contributed by atoms with Gasteiger partial charge in [-0.05, 0) is 63.3 Å². The number of amides is 1. The number of aromatic nitrogens is 1. The molecule has 0 fully saturated rings. The van der Waals surface area contributed by atoms with Crippen LogP contribution in [0.5, 0.6) is 0 Å². The van der Waals surface area contributed by atoms with E-state index >= 15 is 0 Å². The van der Waals surface area contributed by atoms with Crippen LogP contribution in [-0.2, 0) is 12.8 Å². The van der Waals surface area contributed by atoms with E-state index in [1.807, 2.05) is 38.1 Å². The van der Waals surface area contributed by atoms with E-state index in [1.54, 1.807) is 0 Å². The van der Waals surface area contributed by atoms with Crippen molar-refractivity contribution in [1.29, 1.82) is 0 Å². The van der Waals surface area contributed by atoms with Gasteiger partial charge in [0.2, 0.25) is 0 Å². The minimum absolute atomic E-state index is 0.0688. The van der Waals surface area contributed by atoms with Crippen molar-refractivity contribution >= 4 is 16.8 Å². The first kappa shape index (κ1) is 15.1. The molecule has 2 N–H and O–H groups in total. The van der Waals surface area contributed by atoms with Crippen LogP contribution in [0.15, 0.2) is 34.7 Å². The Labute approximate surface area is 141 Å². The van der Waals surface area contributed by atoms with Gasteiger partial charge < -0.3 is 14.7 Å². The van der Waals surface area contributed by atoms with Crippen molar-refractivity contribution in [3.05, 3.63) is 58.7 Å². The van der Waals surface area contributed by atoms with Crippen molar-refractivity contribution in [2.24, 2.45) is 0 Å². The average molecular weight is 322 g/mol. The fourth-order valence-corrected chi connectivity index (χ4v) is 3.65. The summed E-state index contributed by atoms with van der Waals surface area (Å²) in [7, 11) is 0. The minimum Gasteiger partial charge on any atom is -0.464 e. The highest BCUT2D eigenvalue weighted by Gasteiger charge is 2.21. The van der Waals surface area contributed by atoms with E-state index in [-0.39, 0.29) is 11.9 Å². The standard InChI is InChI=1S/C20H22N2O2/c1-12-10-11-18(24-12)13(2)21-20(23)16-8-5-7-15-14-6-3-4-9-17(14)22-19(15)16/h5,7-8,10-11,13,22H,3-4,6,9H2,1-2H3,(H,21,23). The molecule has 1 aliphatic rings. The molecule has 4 rings (SSSR count). The molecule has 0 saturated carbocycles. The molecule has 0 spiro atoms. The summed E-state index contributed by atoms with van der Waals surface area (Å²) < 4.78 is 5.61. The van der Waals surface area contributed by atoms with E-state index in [9.17, 15) is 4.79 Å². The molecular weight excluding hydrogens is 300 g/mol. The Morgan fingerprint density at radius 3 is 2.83 bits per heavy atom. The highest BCUT2D eigenvalue weighted by molar-refractivity contribution is 6.07. The number of carbonyl (C=O) groups excluding carboxylic acids is 1. The van der Waals surface area contributed by atoms with Crippen LogP contribution in [-0.4, -0.2) is 10.9 Å². The van der Waals surface area contributed by atoms with Crippen LogP contribution in [0.1, 0.15) is 58.9 Å². The van der Waals surface area contributed by atoms with E-state index in [2.05, 4.69) is 16.4 Å². The number of H-pyrrole nitrogens is 1. The summed E-state index contributed by atoms with van der Waals surface area (Å²) in [4.78, 5) is 16.3. The van der Waals surface area contributed by atoms with Gasteiger partial charge in [-0.3, -0.25) is 4.79 Å². The largest absolute Gasteiger partial charge is 0.464 e. The Balaban J connectivity index is 1.66. The van der Waals surface area contributed by atoms with E-state index in [0.717, 1.165) is 29.9 Å². The van der Waals surface area contributed by atoms with Gasteiger partial charge in [-0.15, -0.1) is 0 Å². The lowest BCUT2D eigenvalue weighted by Crippen LogP contribution is -2.26. The minimum atomic E-state index is -0.161. The van der Waals surface area contributed by atoms with Gasteiger partial charge in [-0.25, -0.2) is 0 Å². The highest BCUT2D eigenvalue weighted by atomic mass is 16.3. The maximum Gasteiger partial charge on any atom is 0.253 e. The number of hydrogen-bond acceptors (Lipinski definition) is 2. The zero-order valence-corrected chi connectivity index (χ0v) is 14.1. The number of hydrogen-bond donors (Lipinski definition) is 2. The lowest BCUT2D eigenvalue weighted by atomic mass is 9.95. The Bertz CT molecular complexity index is 904. The number of fused-ring (bicyclic) bond motifs is 3. The van der Waals surface area contributed by atoms with Crippen molar-refractivity contribution < 1.29 is 9.21 Å². The molecule has 1 aromatic carbocycles. The van der Waals surface area contributed by atoms with Crippen LogP contribution in [0.4, 0.5) is 0 Å². The number of carbonyl (C=O) groups is 1. The third-order valence-electron chi connectivity index (χ3n) is 4.91. The summed E-state index contributed by atoms with van der Waals surface area (Å²) in [6.45, 7) is 3.85. The van der Waals surface area contributed by atoms with Gasteiger partial charge in [-0.1, -0.05) is 12.1 Å². The number of nitrogens with one attached hydrogen (secondary N) is 2. The SMILES string of the molecule is Cc1ccc(C(C)NC(=O)c2cccc3c4c([nH]c23)CCCC4)o1. The monoisotopic (exact) mass is 322 g/mol. The second-order valence-corrected chi connectivity index (χ2v) is 6.66. The molecule has 0 radical (unpaired) electrons. The van der Waals surface area contributed by atoms with E-state index in [1.165, 1.54) is 29.5 Å². The van der Waals surface area contributed by atoms with Crippen LogP contribution in [0, 0.1) is 6.92 Å². The summed E-state index contributed by atoms with van der Waals surface area (Å²) in [5, 5.41) is 4.24. The Hall–Kier alpha value is -2.49. The molecule has 4 heteroatoms. The molecule has 1 atom stereocenters. The molecule has 2 heterocycles. The van der Waals surface area contributed by atoms with Crippen LogP contribution in [0.25, 0.3) is 10.9 Å². The third kappa shape index (κ3) is 2.52. The van der Waals surface area contributed by atoms with Gasteiger partial charge in [0.05, 0.1) is 17.1 Å². The lowest BCUT2D eigenvalue weighted by molar-refractivity contribution is 0.0936. The second kappa shape index (κ2) is 5.86. The quantitative estimate of drug-likeness (QED) is 0.749. The first-order valence-electron chi connectivity index (χ1n) is 8.63. The smallest absolute Gasteiger partial charge is 0.253 e. The number of aryl methyl sites for hydroxylation is 3. The predicted octanol–water partition coefficient (Wildman–Crippen LogP) is 4.44. The molecule has 0 aliphatic heterocycles. The summed E-state index contributed by atoms with van der Waals surface area (Å²) in [5.74, 6) is 1.56. The first-order valence-corrected chi connectivity index (χ1v) is 8.63. The molecule has 1 aliphatic carbocycles. The number of furan rings is 1. The lowest BCUT2D eigenvalue weighted by Gasteiger charge is -2.12. The summed E-state index contributed by atoms with van der Waals surface area (Å²) in [5.41, 5.74) is 4.36. The molecule has 1 unspecified atom stereocenters. The maximum atomic E-state index is 12.8. The van der Waals surface area contributed by atoms with Crippen molar-refractivity contribution in [2.75, 3.05) is 0 Å². The molecule has 124 valence electrons. The van der Waals surface area contributed by atoms with E-state index in [4.69, 9.17) is 4.42 Å². The topological polar surface area (TPSA) is 58.0 Å². The maximum absolute atomic E-state index is 12.8. The average Bonchev–Trinajstić information content (AvgIpc) is 3.18. The molecular formula is C20H22N2O2. The molecule has 24 heavy (non-hydrogen) atoms. The Morgan fingerprint density at radius 2 is 2.04 bits per heavy atom. The molecule has 4 nitrogen and oxygen atoms in total. The third-order valence-corrected chi connectivity index (χ3v) is 4.91. The molecule has 1 amide bonds. The second-order valence-electron chi connectivity index (χ2n) is 6.66.